The summed E-state index contributed by atoms with van der Waals surface area (Å²) in [5, 5.41) is 29.8. The SMILES string of the molecule is [B]c1ccc2c(=O)[nH]c(O)c(C=NCC3C=CC(O)=C(O)C3)c2c1. The number of benzene rings is 1. The van der Waals surface area contributed by atoms with E-state index < -0.39 is 5.56 Å². The van der Waals surface area contributed by atoms with Crippen molar-refractivity contribution in [3.63, 3.8) is 0 Å². The van der Waals surface area contributed by atoms with Crippen LogP contribution in [0.1, 0.15) is 12.0 Å². The first-order chi connectivity index (χ1) is 11.5. The number of aromatic hydroxyl groups is 1. The second-order valence-electron chi connectivity index (χ2n) is 5.67. The largest absolute Gasteiger partial charge is 0.508 e. The summed E-state index contributed by atoms with van der Waals surface area (Å²) in [5.74, 6) is -0.530. The van der Waals surface area contributed by atoms with E-state index in [4.69, 9.17) is 7.85 Å². The molecule has 4 N–H and O–H groups in total. The number of aliphatic imine (C=N–C) groups is 1. The van der Waals surface area contributed by atoms with Crippen LogP contribution in [-0.4, -0.2) is 40.9 Å². The maximum atomic E-state index is 11.9. The minimum atomic E-state index is -0.402. The van der Waals surface area contributed by atoms with Crippen LogP contribution in [0.2, 0.25) is 0 Å². The normalized spacial score (nSPS) is 17.9. The number of aromatic amines is 1. The van der Waals surface area contributed by atoms with Gasteiger partial charge in [-0.15, -0.1) is 0 Å². The summed E-state index contributed by atoms with van der Waals surface area (Å²) in [6.45, 7) is 0.357. The van der Waals surface area contributed by atoms with Gasteiger partial charge in [-0.25, -0.2) is 0 Å². The molecule has 1 unspecified atom stereocenters. The molecule has 0 aliphatic heterocycles. The average Bonchev–Trinajstić information content (AvgIpc) is 2.53. The fourth-order valence-corrected chi connectivity index (χ4v) is 2.63. The number of nitrogens with zero attached hydrogens (tertiary/aromatic N) is 1. The number of fused-ring (bicyclic) bond motifs is 1. The molecule has 1 aliphatic rings. The van der Waals surface area contributed by atoms with E-state index in [1.165, 1.54) is 12.3 Å². The molecule has 0 amide bonds. The monoisotopic (exact) mass is 322 g/mol. The molecule has 3 rings (SSSR count). The molecular formula is C17H15BN2O4. The van der Waals surface area contributed by atoms with Crippen LogP contribution < -0.4 is 11.0 Å². The molecule has 7 heteroatoms. The summed E-state index contributed by atoms with van der Waals surface area (Å²) in [6, 6.07) is 4.82. The number of aromatic nitrogens is 1. The van der Waals surface area contributed by atoms with Crippen LogP contribution in [0.5, 0.6) is 5.88 Å². The Bertz CT molecular complexity index is 943. The summed E-state index contributed by atoms with van der Waals surface area (Å²) >= 11 is 0. The molecule has 0 saturated heterocycles. The number of allylic oxidation sites excluding steroid dienone is 2. The highest BCUT2D eigenvalue weighted by molar-refractivity contribution is 6.33. The topological polar surface area (TPSA) is 106 Å². The Hall–Kier alpha value is -2.96. The molecule has 6 nitrogen and oxygen atoms in total. The molecule has 1 aromatic heterocycles. The number of aliphatic hydroxyl groups excluding tert-OH is 2. The molecule has 24 heavy (non-hydrogen) atoms. The van der Waals surface area contributed by atoms with E-state index in [2.05, 4.69) is 9.98 Å². The predicted octanol–water partition coefficient (Wildman–Crippen LogP) is 1.35. The fraction of sp³-hybridized carbons (Fsp3) is 0.176. The summed E-state index contributed by atoms with van der Waals surface area (Å²) in [7, 11) is 5.76. The fourth-order valence-electron chi connectivity index (χ4n) is 2.63. The molecule has 0 spiro atoms. The molecule has 0 bridgehead atoms. The second kappa shape index (κ2) is 6.27. The van der Waals surface area contributed by atoms with Crippen LogP contribution in [0.15, 0.2) is 51.7 Å². The number of rotatable bonds is 3. The number of hydrogen-bond acceptors (Lipinski definition) is 5. The highest BCUT2D eigenvalue weighted by Crippen LogP contribution is 2.22. The van der Waals surface area contributed by atoms with Crippen LogP contribution in [0, 0.1) is 5.92 Å². The summed E-state index contributed by atoms with van der Waals surface area (Å²) in [4.78, 5) is 18.5. The number of hydrogen-bond donors (Lipinski definition) is 4. The molecule has 1 heterocycles. The minimum absolute atomic E-state index is 0.0570. The third kappa shape index (κ3) is 3.06. The third-order valence-corrected chi connectivity index (χ3v) is 3.90. The number of aliphatic hydroxyl groups is 2. The lowest BCUT2D eigenvalue weighted by atomic mass is 9.92. The van der Waals surface area contributed by atoms with E-state index in [1.54, 1.807) is 24.3 Å². The predicted molar refractivity (Wildman–Crippen MR) is 93.6 cm³/mol. The van der Waals surface area contributed by atoms with Gasteiger partial charge in [0.15, 0.2) is 5.76 Å². The molecule has 1 aromatic carbocycles. The maximum Gasteiger partial charge on any atom is 0.258 e. The lowest BCUT2D eigenvalue weighted by Gasteiger charge is -2.14. The average molecular weight is 322 g/mol. The van der Waals surface area contributed by atoms with Gasteiger partial charge in [0.1, 0.15) is 13.6 Å². The van der Waals surface area contributed by atoms with E-state index in [0.717, 1.165) is 0 Å². The zero-order chi connectivity index (χ0) is 17.3. The minimum Gasteiger partial charge on any atom is -0.508 e. The van der Waals surface area contributed by atoms with Crippen molar-refractivity contribution in [2.45, 2.75) is 6.42 Å². The second-order valence-corrected chi connectivity index (χ2v) is 5.67. The molecular weight excluding hydrogens is 307 g/mol. The Morgan fingerprint density at radius 2 is 2.08 bits per heavy atom. The van der Waals surface area contributed by atoms with Gasteiger partial charge in [0.25, 0.3) is 5.56 Å². The Kier molecular flexibility index (Phi) is 4.16. The zero-order valence-electron chi connectivity index (χ0n) is 12.7. The zero-order valence-corrected chi connectivity index (χ0v) is 12.7. The Morgan fingerprint density at radius 3 is 2.83 bits per heavy atom. The molecule has 2 aromatic rings. The van der Waals surface area contributed by atoms with Gasteiger partial charge in [-0.3, -0.25) is 14.8 Å². The van der Waals surface area contributed by atoms with Gasteiger partial charge in [-0.2, -0.15) is 0 Å². The first-order valence-electron chi connectivity index (χ1n) is 7.39. The first kappa shape index (κ1) is 15.9. The van der Waals surface area contributed by atoms with Crippen molar-refractivity contribution < 1.29 is 15.3 Å². The molecule has 2 radical (unpaired) electrons. The highest BCUT2D eigenvalue weighted by Gasteiger charge is 2.15. The van der Waals surface area contributed by atoms with Crippen LogP contribution in [0.3, 0.4) is 0 Å². The van der Waals surface area contributed by atoms with Crippen molar-refractivity contribution in [2.24, 2.45) is 10.9 Å². The maximum absolute atomic E-state index is 11.9. The van der Waals surface area contributed by atoms with E-state index >= 15 is 0 Å². The van der Waals surface area contributed by atoms with Crippen molar-refractivity contribution in [3.05, 3.63) is 57.8 Å². The summed E-state index contributed by atoms with van der Waals surface area (Å²) < 4.78 is 0. The smallest absolute Gasteiger partial charge is 0.258 e. The van der Waals surface area contributed by atoms with E-state index in [0.29, 0.717) is 34.8 Å². The van der Waals surface area contributed by atoms with Gasteiger partial charge in [-0.05, 0) is 12.1 Å². The van der Waals surface area contributed by atoms with Gasteiger partial charge < -0.3 is 15.3 Å². The van der Waals surface area contributed by atoms with Crippen molar-refractivity contribution in [1.29, 1.82) is 0 Å². The van der Waals surface area contributed by atoms with Crippen molar-refractivity contribution in [2.75, 3.05) is 6.54 Å². The van der Waals surface area contributed by atoms with Crippen LogP contribution >= 0.6 is 0 Å². The van der Waals surface area contributed by atoms with Gasteiger partial charge in [0.05, 0.1) is 5.56 Å². The van der Waals surface area contributed by atoms with E-state index in [-0.39, 0.29) is 23.3 Å². The third-order valence-electron chi connectivity index (χ3n) is 3.90. The van der Waals surface area contributed by atoms with Crippen molar-refractivity contribution in [3.8, 4) is 5.88 Å². The lowest BCUT2D eigenvalue weighted by Crippen LogP contribution is -2.12. The Labute approximate surface area is 138 Å². The van der Waals surface area contributed by atoms with E-state index in [1.807, 2.05) is 0 Å². The summed E-state index contributed by atoms with van der Waals surface area (Å²) in [6.07, 6.45) is 4.96. The number of nitrogens with one attached hydrogen (secondary N) is 1. The van der Waals surface area contributed by atoms with Crippen LogP contribution in [0.4, 0.5) is 0 Å². The van der Waals surface area contributed by atoms with Crippen LogP contribution in [0.25, 0.3) is 10.8 Å². The van der Waals surface area contributed by atoms with Gasteiger partial charge in [-0.1, -0.05) is 23.7 Å². The van der Waals surface area contributed by atoms with Gasteiger partial charge in [0, 0.05) is 35.9 Å². The molecule has 0 saturated carbocycles. The molecule has 120 valence electrons. The number of pyridine rings is 1. The lowest BCUT2D eigenvalue weighted by molar-refractivity contribution is 0.304. The van der Waals surface area contributed by atoms with Gasteiger partial charge in [0.2, 0.25) is 5.88 Å². The highest BCUT2D eigenvalue weighted by atomic mass is 16.3. The van der Waals surface area contributed by atoms with Gasteiger partial charge >= 0.3 is 0 Å². The Balaban J connectivity index is 1.89. The number of H-pyrrole nitrogens is 1. The van der Waals surface area contributed by atoms with Crippen molar-refractivity contribution >= 4 is 30.3 Å². The summed E-state index contributed by atoms with van der Waals surface area (Å²) in [5.41, 5.74) is 0.447. The molecule has 0 fully saturated rings. The van der Waals surface area contributed by atoms with Crippen molar-refractivity contribution in [1.82, 2.24) is 4.98 Å². The van der Waals surface area contributed by atoms with Crippen LogP contribution in [-0.2, 0) is 0 Å². The Morgan fingerprint density at radius 1 is 1.29 bits per heavy atom. The molecule has 1 aliphatic carbocycles. The quantitative estimate of drug-likeness (QED) is 0.505. The van der Waals surface area contributed by atoms with E-state index in [9.17, 15) is 20.1 Å². The standard InChI is InChI=1S/C17H15BN2O4/c18-10-2-3-11-12(6-10)13(17(24)20-16(11)23)8-19-7-9-1-4-14(21)15(22)5-9/h1-4,6,8-9,21-22H,5,7H2,(H2,20,23,24). The molecule has 1 atom stereocenters. The first-order valence-corrected chi connectivity index (χ1v) is 7.39.